The van der Waals surface area contributed by atoms with Crippen molar-refractivity contribution in [3.05, 3.63) is 62.8 Å². The van der Waals surface area contributed by atoms with Gasteiger partial charge in [-0.05, 0) is 23.0 Å². The number of hydrogen-bond acceptors (Lipinski definition) is 3. The molecule has 0 spiro atoms. The fourth-order valence-electron chi connectivity index (χ4n) is 3.39. The summed E-state index contributed by atoms with van der Waals surface area (Å²) in [7, 11) is 0. The molecule has 25 heavy (non-hydrogen) atoms. The van der Waals surface area contributed by atoms with Gasteiger partial charge in [0.2, 0.25) is 0 Å². The summed E-state index contributed by atoms with van der Waals surface area (Å²) in [4.78, 5) is 22.3. The average Bonchev–Trinajstić information content (AvgIpc) is 2.55. The van der Waals surface area contributed by atoms with Crippen LogP contribution in [0.1, 0.15) is 62.3 Å². The molecule has 1 aliphatic heterocycles. The van der Waals surface area contributed by atoms with Crippen LogP contribution in [-0.2, 0) is 31.3 Å². The molecule has 1 aromatic carbocycles. The molecule has 0 bridgehead atoms. The van der Waals surface area contributed by atoms with Gasteiger partial charge in [-0.2, -0.15) is 0 Å². The van der Waals surface area contributed by atoms with Crippen molar-refractivity contribution < 1.29 is 0 Å². The van der Waals surface area contributed by atoms with Crippen molar-refractivity contribution in [1.29, 1.82) is 0 Å². The molecule has 0 saturated heterocycles. The molecule has 0 fully saturated rings. The maximum absolute atomic E-state index is 12.4. The number of nitrogens with one attached hydrogen (secondary N) is 1. The number of fused-ring (bicyclic) bond motifs is 1. The van der Waals surface area contributed by atoms with Crippen LogP contribution in [-0.4, -0.2) is 21.4 Å². The first kappa shape index (κ1) is 17.9. The van der Waals surface area contributed by atoms with E-state index in [-0.39, 0.29) is 11.0 Å². The number of benzene rings is 1. The molecule has 1 N–H and O–H groups in total. The monoisotopic (exact) mass is 339 g/mol. The van der Waals surface area contributed by atoms with Crippen LogP contribution in [0.5, 0.6) is 0 Å². The summed E-state index contributed by atoms with van der Waals surface area (Å²) in [6.45, 7) is 11.3. The molecule has 0 saturated carbocycles. The van der Waals surface area contributed by atoms with Gasteiger partial charge in [0.15, 0.2) is 0 Å². The molecule has 4 heteroatoms. The Hall–Kier alpha value is -1.94. The Kier molecular flexibility index (Phi) is 5.09. The van der Waals surface area contributed by atoms with Gasteiger partial charge in [-0.15, -0.1) is 0 Å². The van der Waals surface area contributed by atoms with Crippen molar-refractivity contribution in [3.8, 4) is 0 Å². The van der Waals surface area contributed by atoms with Crippen LogP contribution in [0.4, 0.5) is 0 Å². The number of aromatic amines is 1. The van der Waals surface area contributed by atoms with Crippen LogP contribution in [0.2, 0.25) is 0 Å². The van der Waals surface area contributed by atoms with Crippen molar-refractivity contribution in [2.75, 3.05) is 6.54 Å². The van der Waals surface area contributed by atoms with Gasteiger partial charge in [0.05, 0.1) is 11.3 Å². The van der Waals surface area contributed by atoms with E-state index in [9.17, 15) is 4.79 Å². The van der Waals surface area contributed by atoms with Crippen molar-refractivity contribution in [2.45, 2.75) is 65.5 Å². The van der Waals surface area contributed by atoms with Crippen LogP contribution >= 0.6 is 0 Å². The summed E-state index contributed by atoms with van der Waals surface area (Å²) >= 11 is 0. The van der Waals surface area contributed by atoms with E-state index in [1.165, 1.54) is 11.1 Å². The molecule has 2 aromatic rings. The predicted molar refractivity (Wildman–Crippen MR) is 102 cm³/mol. The first-order chi connectivity index (χ1) is 11.9. The van der Waals surface area contributed by atoms with Crippen LogP contribution in [0.15, 0.2) is 29.1 Å². The van der Waals surface area contributed by atoms with E-state index in [0.29, 0.717) is 6.54 Å². The molecule has 0 amide bonds. The summed E-state index contributed by atoms with van der Waals surface area (Å²) in [5.41, 5.74) is 4.70. The van der Waals surface area contributed by atoms with Crippen molar-refractivity contribution in [2.24, 2.45) is 0 Å². The number of hydrogen-bond donors (Lipinski definition) is 1. The number of aryl methyl sites for hydroxylation is 1. The van der Waals surface area contributed by atoms with Crippen LogP contribution in [0.25, 0.3) is 0 Å². The highest BCUT2D eigenvalue weighted by atomic mass is 16.1. The predicted octanol–water partition coefficient (Wildman–Crippen LogP) is 3.58. The molecule has 2 heterocycles. The van der Waals surface area contributed by atoms with Crippen molar-refractivity contribution in [1.82, 2.24) is 14.9 Å². The Balaban J connectivity index is 1.72. The van der Waals surface area contributed by atoms with Gasteiger partial charge >= 0.3 is 0 Å². The van der Waals surface area contributed by atoms with Crippen LogP contribution < -0.4 is 5.56 Å². The Morgan fingerprint density at radius 1 is 1.20 bits per heavy atom. The zero-order valence-electron chi connectivity index (χ0n) is 15.9. The largest absolute Gasteiger partial charge is 0.310 e. The topological polar surface area (TPSA) is 49.0 Å². The van der Waals surface area contributed by atoms with E-state index in [4.69, 9.17) is 0 Å². The molecule has 3 rings (SSSR count). The number of H-pyrrole nitrogens is 1. The molecular weight excluding hydrogens is 310 g/mol. The minimum Gasteiger partial charge on any atom is -0.310 e. The summed E-state index contributed by atoms with van der Waals surface area (Å²) in [5.74, 6) is 0.831. The van der Waals surface area contributed by atoms with Gasteiger partial charge in [-0.3, -0.25) is 9.69 Å². The second kappa shape index (κ2) is 7.12. The lowest BCUT2D eigenvalue weighted by atomic mass is 9.86. The van der Waals surface area contributed by atoms with Crippen LogP contribution in [0, 0.1) is 0 Å². The highest BCUT2D eigenvalue weighted by Crippen LogP contribution is 2.23. The number of aromatic nitrogens is 2. The Bertz CT molecular complexity index is 784. The number of nitrogens with zero attached hydrogens (tertiary/aromatic N) is 2. The van der Waals surface area contributed by atoms with E-state index in [2.05, 4.69) is 66.8 Å². The first-order valence-electron chi connectivity index (χ1n) is 9.29. The highest BCUT2D eigenvalue weighted by molar-refractivity contribution is 5.28. The molecule has 1 aromatic heterocycles. The lowest BCUT2D eigenvalue weighted by molar-refractivity contribution is 0.241. The molecule has 0 radical (unpaired) electrons. The third-order valence-corrected chi connectivity index (χ3v) is 4.91. The lowest BCUT2D eigenvalue weighted by Gasteiger charge is -2.28. The quantitative estimate of drug-likeness (QED) is 0.926. The standard InChI is InChI=1S/C21H29N3O/c1-5-6-19-22-18-11-12-24(14-17(18)20(25)23-19)13-15-7-9-16(10-8-15)21(2,3)4/h7-10H,5-6,11-14H2,1-4H3,(H,22,23,25). The van der Waals surface area contributed by atoms with Gasteiger partial charge in [0.25, 0.3) is 5.56 Å². The van der Waals surface area contributed by atoms with Crippen molar-refractivity contribution in [3.63, 3.8) is 0 Å². The Morgan fingerprint density at radius 3 is 2.56 bits per heavy atom. The third kappa shape index (κ3) is 4.18. The molecule has 4 nitrogen and oxygen atoms in total. The van der Waals surface area contributed by atoms with E-state index >= 15 is 0 Å². The molecule has 0 unspecified atom stereocenters. The normalized spacial score (nSPS) is 15.2. The highest BCUT2D eigenvalue weighted by Gasteiger charge is 2.21. The van der Waals surface area contributed by atoms with Gasteiger partial charge in [-0.1, -0.05) is 52.0 Å². The van der Waals surface area contributed by atoms with E-state index in [0.717, 1.165) is 49.4 Å². The Morgan fingerprint density at radius 2 is 1.92 bits per heavy atom. The zero-order valence-corrected chi connectivity index (χ0v) is 15.9. The summed E-state index contributed by atoms with van der Waals surface area (Å²) in [5, 5.41) is 0. The minimum absolute atomic E-state index is 0.0428. The number of rotatable bonds is 4. The summed E-state index contributed by atoms with van der Waals surface area (Å²) in [6, 6.07) is 8.86. The van der Waals surface area contributed by atoms with E-state index in [1.807, 2.05) is 0 Å². The maximum Gasteiger partial charge on any atom is 0.255 e. The van der Waals surface area contributed by atoms with Crippen LogP contribution in [0.3, 0.4) is 0 Å². The molecule has 134 valence electrons. The smallest absolute Gasteiger partial charge is 0.255 e. The molecule has 1 aliphatic rings. The van der Waals surface area contributed by atoms with Crippen molar-refractivity contribution >= 4 is 0 Å². The molecular formula is C21H29N3O. The van der Waals surface area contributed by atoms with E-state index in [1.54, 1.807) is 0 Å². The fraction of sp³-hybridized carbons (Fsp3) is 0.524. The zero-order chi connectivity index (χ0) is 18.0. The van der Waals surface area contributed by atoms with Gasteiger partial charge in [-0.25, -0.2) is 4.98 Å². The first-order valence-corrected chi connectivity index (χ1v) is 9.29. The summed E-state index contributed by atoms with van der Waals surface area (Å²) < 4.78 is 0. The third-order valence-electron chi connectivity index (χ3n) is 4.91. The fourth-order valence-corrected chi connectivity index (χ4v) is 3.39. The minimum atomic E-state index is 0.0428. The maximum atomic E-state index is 12.4. The second-order valence-electron chi connectivity index (χ2n) is 8.10. The average molecular weight is 339 g/mol. The van der Waals surface area contributed by atoms with E-state index < -0.39 is 0 Å². The van der Waals surface area contributed by atoms with Gasteiger partial charge in [0, 0.05) is 32.5 Å². The molecule has 0 atom stereocenters. The van der Waals surface area contributed by atoms with Gasteiger partial charge in [0.1, 0.15) is 5.82 Å². The lowest BCUT2D eigenvalue weighted by Crippen LogP contribution is -2.35. The summed E-state index contributed by atoms with van der Waals surface area (Å²) in [6.07, 6.45) is 2.70. The molecule has 0 aliphatic carbocycles. The SMILES string of the molecule is CCCc1nc2c(c(=O)[nH]1)CN(Cc1ccc(C(C)(C)C)cc1)CC2. The Labute approximate surface area is 150 Å². The second-order valence-corrected chi connectivity index (χ2v) is 8.10. The van der Waals surface area contributed by atoms with Gasteiger partial charge < -0.3 is 4.98 Å².